The van der Waals surface area contributed by atoms with E-state index in [9.17, 15) is 9.59 Å². The molecule has 2 aromatic heterocycles. The number of halogens is 2. The molecule has 0 unspecified atom stereocenters. The number of hydrogen-bond donors (Lipinski definition) is 2. The van der Waals surface area contributed by atoms with E-state index in [0.29, 0.717) is 11.4 Å². The maximum atomic E-state index is 11.9. The number of carbonyl (C=O) groups is 2. The van der Waals surface area contributed by atoms with E-state index < -0.39 is 11.9 Å². The number of thiazole rings is 1. The van der Waals surface area contributed by atoms with Gasteiger partial charge in [-0.15, -0.1) is 11.3 Å². The van der Waals surface area contributed by atoms with E-state index in [1.54, 1.807) is 0 Å². The second kappa shape index (κ2) is 6.84. The van der Waals surface area contributed by atoms with Gasteiger partial charge in [0, 0.05) is 18.3 Å². The Labute approximate surface area is 133 Å². The monoisotopic (exact) mass is 345 g/mol. The SMILES string of the molecule is O=C(O)c1csc(CCNC(=O)c2nc(Cl)ccc2Cl)n1. The molecule has 6 nitrogen and oxygen atoms in total. The van der Waals surface area contributed by atoms with Crippen LogP contribution in [0.5, 0.6) is 0 Å². The number of nitrogens with one attached hydrogen (secondary N) is 1. The van der Waals surface area contributed by atoms with Crippen LogP contribution in [0.15, 0.2) is 17.5 Å². The summed E-state index contributed by atoms with van der Waals surface area (Å²) in [5.41, 5.74) is 0.0513. The molecule has 1 amide bonds. The number of carboxylic acid groups (broad SMARTS) is 1. The van der Waals surface area contributed by atoms with Crippen LogP contribution in [0.25, 0.3) is 0 Å². The Balaban J connectivity index is 1.92. The Hall–Kier alpha value is -1.70. The quantitative estimate of drug-likeness (QED) is 0.812. The molecule has 0 aliphatic carbocycles. The fourth-order valence-electron chi connectivity index (χ4n) is 1.47. The maximum Gasteiger partial charge on any atom is 0.355 e. The average Bonchev–Trinajstić information content (AvgIpc) is 2.90. The lowest BCUT2D eigenvalue weighted by Crippen LogP contribution is -2.26. The molecule has 0 saturated heterocycles. The summed E-state index contributed by atoms with van der Waals surface area (Å²) >= 11 is 12.8. The third-order valence-corrected chi connectivity index (χ3v) is 3.85. The standard InChI is InChI=1S/C12H9Cl2N3O3S/c13-6-1-2-8(14)17-10(6)11(18)15-4-3-9-16-7(5-21-9)12(19)20/h1-2,5H,3-4H2,(H,15,18)(H,19,20). The summed E-state index contributed by atoms with van der Waals surface area (Å²) in [6.45, 7) is 0.288. The number of carboxylic acids is 1. The largest absolute Gasteiger partial charge is 0.476 e. The Bertz CT molecular complexity index is 690. The van der Waals surface area contributed by atoms with Crippen molar-refractivity contribution < 1.29 is 14.7 Å². The first kappa shape index (κ1) is 15.7. The van der Waals surface area contributed by atoms with Gasteiger partial charge in [-0.1, -0.05) is 23.2 Å². The number of rotatable bonds is 5. The molecule has 9 heteroatoms. The lowest BCUT2D eigenvalue weighted by Gasteiger charge is -2.05. The lowest BCUT2D eigenvalue weighted by atomic mass is 10.3. The molecule has 0 fully saturated rings. The van der Waals surface area contributed by atoms with Gasteiger partial charge >= 0.3 is 5.97 Å². The van der Waals surface area contributed by atoms with Crippen LogP contribution in [0.3, 0.4) is 0 Å². The van der Waals surface area contributed by atoms with E-state index >= 15 is 0 Å². The zero-order valence-corrected chi connectivity index (χ0v) is 12.8. The van der Waals surface area contributed by atoms with Crippen molar-refractivity contribution in [3.63, 3.8) is 0 Å². The number of amides is 1. The normalized spacial score (nSPS) is 10.4. The van der Waals surface area contributed by atoms with Gasteiger partial charge in [-0.05, 0) is 12.1 Å². The molecule has 0 aromatic carbocycles. The highest BCUT2D eigenvalue weighted by Gasteiger charge is 2.13. The zero-order valence-electron chi connectivity index (χ0n) is 10.5. The summed E-state index contributed by atoms with van der Waals surface area (Å²) in [6.07, 6.45) is 0.419. The first-order valence-electron chi connectivity index (χ1n) is 5.75. The van der Waals surface area contributed by atoms with Gasteiger partial charge in [0.25, 0.3) is 5.91 Å². The predicted molar refractivity (Wildman–Crippen MR) is 79.4 cm³/mol. The first-order valence-corrected chi connectivity index (χ1v) is 7.39. The van der Waals surface area contributed by atoms with E-state index in [2.05, 4.69) is 15.3 Å². The highest BCUT2D eigenvalue weighted by atomic mass is 35.5. The number of hydrogen-bond acceptors (Lipinski definition) is 5. The Morgan fingerprint density at radius 1 is 1.29 bits per heavy atom. The Morgan fingerprint density at radius 3 is 2.71 bits per heavy atom. The van der Waals surface area contributed by atoms with Crippen LogP contribution in [0, 0.1) is 0 Å². The molecular formula is C12H9Cl2N3O3S. The number of carbonyl (C=O) groups excluding carboxylic acids is 1. The van der Waals surface area contributed by atoms with E-state index in [-0.39, 0.29) is 28.1 Å². The molecule has 0 spiro atoms. The minimum Gasteiger partial charge on any atom is -0.476 e. The van der Waals surface area contributed by atoms with Crippen molar-refractivity contribution in [2.45, 2.75) is 6.42 Å². The molecule has 21 heavy (non-hydrogen) atoms. The van der Waals surface area contributed by atoms with Gasteiger partial charge < -0.3 is 10.4 Å². The molecule has 0 atom stereocenters. The molecular weight excluding hydrogens is 337 g/mol. The molecule has 2 heterocycles. The van der Waals surface area contributed by atoms with Crippen molar-refractivity contribution in [3.05, 3.63) is 44.1 Å². The number of nitrogens with zero attached hydrogens (tertiary/aromatic N) is 2. The molecule has 110 valence electrons. The van der Waals surface area contributed by atoms with E-state index in [0.717, 1.165) is 0 Å². The lowest BCUT2D eigenvalue weighted by molar-refractivity contribution is 0.0690. The number of pyridine rings is 1. The molecule has 0 bridgehead atoms. The summed E-state index contributed by atoms with van der Waals surface area (Å²) in [7, 11) is 0. The van der Waals surface area contributed by atoms with E-state index in [4.69, 9.17) is 28.3 Å². The second-order valence-electron chi connectivity index (χ2n) is 3.90. The molecule has 0 radical (unpaired) electrons. The third kappa shape index (κ3) is 4.13. The van der Waals surface area contributed by atoms with Crippen molar-refractivity contribution in [3.8, 4) is 0 Å². The summed E-state index contributed by atoms with van der Waals surface area (Å²) in [4.78, 5) is 30.4. The van der Waals surface area contributed by atoms with Crippen LogP contribution in [-0.2, 0) is 6.42 Å². The van der Waals surface area contributed by atoms with Gasteiger partial charge in [-0.3, -0.25) is 4.79 Å². The fourth-order valence-corrected chi connectivity index (χ4v) is 2.58. The second-order valence-corrected chi connectivity index (χ2v) is 5.64. The van der Waals surface area contributed by atoms with Crippen molar-refractivity contribution in [1.82, 2.24) is 15.3 Å². The highest BCUT2D eigenvalue weighted by molar-refractivity contribution is 7.09. The van der Waals surface area contributed by atoms with Crippen molar-refractivity contribution in [2.75, 3.05) is 6.54 Å². The summed E-state index contributed by atoms with van der Waals surface area (Å²) in [5.74, 6) is -1.52. The molecule has 0 aliphatic heterocycles. The fraction of sp³-hybridized carbons (Fsp3) is 0.167. The van der Waals surface area contributed by atoms with Crippen molar-refractivity contribution in [2.24, 2.45) is 0 Å². The maximum absolute atomic E-state index is 11.9. The summed E-state index contributed by atoms with van der Waals surface area (Å²) in [5, 5.41) is 13.8. The van der Waals surface area contributed by atoms with Crippen LogP contribution in [0.4, 0.5) is 0 Å². The van der Waals surface area contributed by atoms with Gasteiger partial charge in [0.15, 0.2) is 5.69 Å². The van der Waals surface area contributed by atoms with E-state index in [1.165, 1.54) is 28.8 Å². The highest BCUT2D eigenvalue weighted by Crippen LogP contribution is 2.16. The van der Waals surface area contributed by atoms with Crippen molar-refractivity contribution in [1.29, 1.82) is 0 Å². The Morgan fingerprint density at radius 2 is 2.05 bits per heavy atom. The molecule has 0 aliphatic rings. The van der Waals surface area contributed by atoms with Crippen LogP contribution >= 0.6 is 34.5 Å². The van der Waals surface area contributed by atoms with Crippen molar-refractivity contribution >= 4 is 46.4 Å². The van der Waals surface area contributed by atoms with Crippen LogP contribution in [0.1, 0.15) is 26.0 Å². The van der Waals surface area contributed by atoms with Gasteiger partial charge in [-0.25, -0.2) is 14.8 Å². The van der Waals surface area contributed by atoms with Gasteiger partial charge in [0.05, 0.1) is 10.0 Å². The smallest absolute Gasteiger partial charge is 0.355 e. The van der Waals surface area contributed by atoms with E-state index in [1.807, 2.05) is 0 Å². The van der Waals surface area contributed by atoms with Crippen LogP contribution in [0.2, 0.25) is 10.2 Å². The summed E-state index contributed by atoms with van der Waals surface area (Å²) in [6, 6.07) is 2.98. The van der Waals surface area contributed by atoms with Gasteiger partial charge in [-0.2, -0.15) is 0 Å². The minimum absolute atomic E-state index is 0.000814. The predicted octanol–water partition coefficient (Wildman–Crippen LogP) is 2.52. The molecule has 2 aromatic rings. The summed E-state index contributed by atoms with van der Waals surface area (Å²) < 4.78 is 0. The third-order valence-electron chi connectivity index (χ3n) is 2.42. The van der Waals surface area contributed by atoms with Gasteiger partial charge in [0.2, 0.25) is 0 Å². The van der Waals surface area contributed by atoms with Crippen LogP contribution < -0.4 is 5.32 Å². The average molecular weight is 346 g/mol. The van der Waals surface area contributed by atoms with Crippen LogP contribution in [-0.4, -0.2) is 33.5 Å². The molecule has 2 rings (SSSR count). The minimum atomic E-state index is -1.07. The number of aromatic nitrogens is 2. The zero-order chi connectivity index (χ0) is 15.4. The first-order chi connectivity index (χ1) is 9.97. The topological polar surface area (TPSA) is 92.2 Å². The number of aromatic carboxylic acids is 1. The Kier molecular flexibility index (Phi) is 5.11. The molecule has 0 saturated carbocycles. The van der Waals surface area contributed by atoms with Gasteiger partial charge in [0.1, 0.15) is 10.8 Å². The molecule has 2 N–H and O–H groups in total.